The molecule has 5 heteroatoms. The van der Waals surface area contributed by atoms with Crippen LogP contribution < -0.4 is 4.74 Å². The summed E-state index contributed by atoms with van der Waals surface area (Å²) >= 11 is 0. The number of rotatable bonds is 6. The summed E-state index contributed by atoms with van der Waals surface area (Å²) in [4.78, 5) is 19.7. The Kier molecular flexibility index (Phi) is 6.60. The third kappa shape index (κ3) is 5.29. The van der Waals surface area contributed by atoms with Crippen LogP contribution in [0.5, 0.6) is 5.75 Å². The van der Waals surface area contributed by atoms with Crippen LogP contribution in [0.3, 0.4) is 0 Å². The molecule has 1 aromatic heterocycles. The molecule has 0 saturated carbocycles. The molecule has 1 amide bonds. The molecule has 0 N–H and O–H groups in total. The van der Waals surface area contributed by atoms with E-state index in [4.69, 9.17) is 4.74 Å². The standard InChI is InChI=1S/C26H27FN2O2/c1-31-24-13-7-20(8-14-24)17-26(30)29-15-3-2-4-25(29)21-9-12-23(28-18-21)16-19-5-10-22(27)11-6-19/h5-14,18,25H,2-4,15-17H2,1H3/t25-/m1/s1. The van der Waals surface area contributed by atoms with Crippen molar-refractivity contribution < 1.29 is 13.9 Å². The Balaban J connectivity index is 1.44. The topological polar surface area (TPSA) is 42.4 Å². The zero-order valence-corrected chi connectivity index (χ0v) is 17.8. The number of carbonyl (C=O) groups is 1. The van der Waals surface area contributed by atoms with Crippen LogP contribution in [0.2, 0.25) is 0 Å². The van der Waals surface area contributed by atoms with Crippen LogP contribution in [-0.4, -0.2) is 29.4 Å². The van der Waals surface area contributed by atoms with Gasteiger partial charge in [0.15, 0.2) is 0 Å². The summed E-state index contributed by atoms with van der Waals surface area (Å²) in [6.07, 6.45) is 6.02. The summed E-state index contributed by atoms with van der Waals surface area (Å²) < 4.78 is 18.3. The maximum absolute atomic E-state index is 13.1. The van der Waals surface area contributed by atoms with Gasteiger partial charge in [0.25, 0.3) is 0 Å². The lowest BCUT2D eigenvalue weighted by Gasteiger charge is -2.36. The number of pyridine rings is 1. The first-order valence-electron chi connectivity index (χ1n) is 10.7. The number of hydrogen-bond acceptors (Lipinski definition) is 3. The van der Waals surface area contributed by atoms with Crippen molar-refractivity contribution in [3.63, 3.8) is 0 Å². The monoisotopic (exact) mass is 418 g/mol. The van der Waals surface area contributed by atoms with Crippen LogP contribution in [-0.2, 0) is 17.6 Å². The highest BCUT2D eigenvalue weighted by Crippen LogP contribution is 2.31. The minimum atomic E-state index is -0.233. The molecule has 0 aliphatic carbocycles. The second-order valence-electron chi connectivity index (χ2n) is 8.01. The van der Waals surface area contributed by atoms with Crippen LogP contribution in [0.15, 0.2) is 66.9 Å². The van der Waals surface area contributed by atoms with Crippen molar-refractivity contribution in [2.75, 3.05) is 13.7 Å². The van der Waals surface area contributed by atoms with E-state index in [0.717, 1.165) is 53.9 Å². The van der Waals surface area contributed by atoms with E-state index in [-0.39, 0.29) is 17.8 Å². The molecule has 1 fully saturated rings. The number of amides is 1. The molecule has 1 saturated heterocycles. The normalized spacial score (nSPS) is 16.2. The fourth-order valence-electron chi connectivity index (χ4n) is 4.15. The molecule has 2 aromatic carbocycles. The van der Waals surface area contributed by atoms with Gasteiger partial charge in [-0.25, -0.2) is 4.39 Å². The molecule has 0 unspecified atom stereocenters. The molecular formula is C26H27FN2O2. The Morgan fingerprint density at radius 2 is 1.77 bits per heavy atom. The number of aromatic nitrogens is 1. The number of hydrogen-bond donors (Lipinski definition) is 0. The summed E-state index contributed by atoms with van der Waals surface area (Å²) in [6, 6.07) is 18.3. The van der Waals surface area contributed by atoms with Crippen LogP contribution in [0, 0.1) is 5.82 Å². The fourth-order valence-corrected chi connectivity index (χ4v) is 4.15. The zero-order chi connectivity index (χ0) is 21.6. The van der Waals surface area contributed by atoms with E-state index >= 15 is 0 Å². The van der Waals surface area contributed by atoms with Gasteiger partial charge in [0.05, 0.1) is 19.6 Å². The van der Waals surface area contributed by atoms with Gasteiger partial charge in [-0.3, -0.25) is 9.78 Å². The van der Waals surface area contributed by atoms with Gasteiger partial charge in [0.2, 0.25) is 5.91 Å². The second kappa shape index (κ2) is 9.73. The summed E-state index contributed by atoms with van der Waals surface area (Å²) in [6.45, 7) is 0.775. The van der Waals surface area contributed by atoms with Gasteiger partial charge >= 0.3 is 0 Å². The van der Waals surface area contributed by atoms with Crippen molar-refractivity contribution in [2.24, 2.45) is 0 Å². The Labute approximate surface area is 182 Å². The number of halogens is 1. The first-order chi connectivity index (χ1) is 15.1. The van der Waals surface area contributed by atoms with Gasteiger partial charge in [-0.2, -0.15) is 0 Å². The lowest BCUT2D eigenvalue weighted by Crippen LogP contribution is -2.39. The number of carbonyl (C=O) groups excluding carboxylic acids is 1. The van der Waals surface area contributed by atoms with Crippen LogP contribution in [0.1, 0.15) is 47.7 Å². The summed E-state index contributed by atoms with van der Waals surface area (Å²) in [5.41, 5.74) is 4.02. The summed E-state index contributed by atoms with van der Waals surface area (Å²) in [5.74, 6) is 0.702. The third-order valence-corrected chi connectivity index (χ3v) is 5.87. The molecule has 4 rings (SSSR count). The third-order valence-electron chi connectivity index (χ3n) is 5.87. The first kappa shape index (κ1) is 21.0. The van der Waals surface area contributed by atoms with E-state index in [0.29, 0.717) is 12.8 Å². The minimum absolute atomic E-state index is 0.0619. The van der Waals surface area contributed by atoms with E-state index in [1.165, 1.54) is 12.1 Å². The molecule has 3 aromatic rings. The highest BCUT2D eigenvalue weighted by molar-refractivity contribution is 5.79. The molecule has 31 heavy (non-hydrogen) atoms. The number of methoxy groups -OCH3 is 1. The van der Waals surface area contributed by atoms with Gasteiger partial charge in [0, 0.05) is 24.9 Å². The van der Waals surface area contributed by atoms with E-state index in [1.807, 2.05) is 41.4 Å². The summed E-state index contributed by atoms with van der Waals surface area (Å²) in [5, 5.41) is 0. The van der Waals surface area contributed by atoms with Gasteiger partial charge in [-0.15, -0.1) is 0 Å². The lowest BCUT2D eigenvalue weighted by molar-refractivity contribution is -0.134. The van der Waals surface area contributed by atoms with Crippen molar-refractivity contribution >= 4 is 5.91 Å². The van der Waals surface area contributed by atoms with Gasteiger partial charge < -0.3 is 9.64 Å². The number of piperidine rings is 1. The molecular weight excluding hydrogens is 391 g/mol. The quantitative estimate of drug-likeness (QED) is 0.558. The zero-order valence-electron chi connectivity index (χ0n) is 17.8. The van der Waals surface area contributed by atoms with Gasteiger partial charge in [-0.05, 0) is 66.3 Å². The molecule has 0 radical (unpaired) electrons. The lowest BCUT2D eigenvalue weighted by atomic mass is 9.95. The van der Waals surface area contributed by atoms with E-state index in [9.17, 15) is 9.18 Å². The maximum Gasteiger partial charge on any atom is 0.227 e. The molecule has 4 nitrogen and oxygen atoms in total. The van der Waals surface area contributed by atoms with Crippen LogP contribution in [0.25, 0.3) is 0 Å². The Hall–Kier alpha value is -3.21. The Morgan fingerprint density at radius 3 is 2.45 bits per heavy atom. The molecule has 1 atom stereocenters. The average Bonchev–Trinajstić information content (AvgIpc) is 2.81. The largest absolute Gasteiger partial charge is 0.497 e. The number of ether oxygens (including phenoxy) is 1. The number of benzene rings is 2. The van der Waals surface area contributed by atoms with E-state index in [1.54, 1.807) is 19.2 Å². The molecule has 0 spiro atoms. The molecule has 1 aliphatic heterocycles. The minimum Gasteiger partial charge on any atom is -0.497 e. The predicted molar refractivity (Wildman–Crippen MR) is 118 cm³/mol. The first-order valence-corrected chi connectivity index (χ1v) is 10.7. The van der Waals surface area contributed by atoms with Crippen molar-refractivity contribution in [3.05, 3.63) is 95.1 Å². The predicted octanol–water partition coefficient (Wildman–Crippen LogP) is 5.12. The van der Waals surface area contributed by atoms with Crippen molar-refractivity contribution in [3.8, 4) is 5.75 Å². The SMILES string of the molecule is COc1ccc(CC(=O)N2CCCC[C@@H]2c2ccc(Cc3ccc(F)cc3)nc2)cc1. The van der Waals surface area contributed by atoms with Crippen molar-refractivity contribution in [1.29, 1.82) is 0 Å². The number of likely N-dealkylation sites (tertiary alicyclic amines) is 1. The van der Waals surface area contributed by atoms with Crippen LogP contribution in [0.4, 0.5) is 4.39 Å². The molecule has 160 valence electrons. The Bertz CT molecular complexity index is 1000. The maximum atomic E-state index is 13.1. The van der Waals surface area contributed by atoms with E-state index < -0.39 is 0 Å². The van der Waals surface area contributed by atoms with Gasteiger partial charge in [0.1, 0.15) is 11.6 Å². The highest BCUT2D eigenvalue weighted by atomic mass is 19.1. The van der Waals surface area contributed by atoms with Gasteiger partial charge in [-0.1, -0.05) is 30.3 Å². The van der Waals surface area contributed by atoms with Crippen LogP contribution >= 0.6 is 0 Å². The fraction of sp³-hybridized carbons (Fsp3) is 0.308. The molecule has 1 aliphatic rings. The smallest absolute Gasteiger partial charge is 0.227 e. The Morgan fingerprint density at radius 1 is 1.03 bits per heavy atom. The van der Waals surface area contributed by atoms with Crippen molar-refractivity contribution in [1.82, 2.24) is 9.88 Å². The average molecular weight is 419 g/mol. The second-order valence-corrected chi connectivity index (χ2v) is 8.01. The highest BCUT2D eigenvalue weighted by Gasteiger charge is 2.28. The molecule has 0 bridgehead atoms. The van der Waals surface area contributed by atoms with Crippen molar-refractivity contribution in [2.45, 2.75) is 38.1 Å². The number of nitrogens with zero attached hydrogens (tertiary/aromatic N) is 2. The van der Waals surface area contributed by atoms with E-state index in [2.05, 4.69) is 11.1 Å². The summed E-state index contributed by atoms with van der Waals surface area (Å²) in [7, 11) is 1.64. The molecule has 2 heterocycles.